The Morgan fingerprint density at radius 1 is 1.41 bits per heavy atom. The predicted molar refractivity (Wildman–Crippen MR) is 69.0 cm³/mol. The van der Waals surface area contributed by atoms with Gasteiger partial charge in [-0.05, 0) is 30.5 Å². The highest BCUT2D eigenvalue weighted by molar-refractivity contribution is 5.89. The van der Waals surface area contributed by atoms with Crippen LogP contribution in [-0.4, -0.2) is 23.8 Å². The Kier molecular flexibility index (Phi) is 4.97. The molecular formula is C13H20N2O2. The van der Waals surface area contributed by atoms with E-state index < -0.39 is 0 Å². The molecule has 1 atom stereocenters. The van der Waals surface area contributed by atoms with Crippen molar-refractivity contribution in [3.05, 3.63) is 29.8 Å². The Bertz CT molecular complexity index is 377. The van der Waals surface area contributed by atoms with Gasteiger partial charge in [0.1, 0.15) is 0 Å². The molecule has 17 heavy (non-hydrogen) atoms. The zero-order valence-corrected chi connectivity index (χ0v) is 10.5. The van der Waals surface area contributed by atoms with Crippen molar-refractivity contribution in [3.63, 3.8) is 0 Å². The molecule has 0 aliphatic heterocycles. The number of rotatable bonds is 4. The van der Waals surface area contributed by atoms with Gasteiger partial charge in [0.05, 0.1) is 12.6 Å². The molecule has 0 bridgehead atoms. The highest BCUT2D eigenvalue weighted by atomic mass is 16.3. The van der Waals surface area contributed by atoms with E-state index in [4.69, 9.17) is 5.11 Å². The van der Waals surface area contributed by atoms with Crippen LogP contribution in [0.4, 0.5) is 10.5 Å². The number of urea groups is 1. The lowest BCUT2D eigenvalue weighted by molar-refractivity contribution is 0.204. The fourth-order valence-electron chi connectivity index (χ4n) is 1.48. The maximum absolute atomic E-state index is 11.7. The molecule has 0 heterocycles. The number of anilines is 1. The number of aliphatic hydroxyl groups excluding tert-OH is 1. The Labute approximate surface area is 102 Å². The monoisotopic (exact) mass is 236 g/mol. The maximum atomic E-state index is 11.7. The third kappa shape index (κ3) is 4.44. The summed E-state index contributed by atoms with van der Waals surface area (Å²) in [5, 5.41) is 14.6. The molecule has 0 aliphatic carbocycles. The number of hydrogen-bond donors (Lipinski definition) is 3. The lowest BCUT2D eigenvalue weighted by atomic mass is 10.1. The molecular weight excluding hydrogens is 216 g/mol. The number of carbonyl (C=O) groups excluding carboxylic acids is 1. The van der Waals surface area contributed by atoms with Crippen molar-refractivity contribution in [2.75, 3.05) is 11.9 Å². The molecule has 1 rings (SSSR count). The van der Waals surface area contributed by atoms with Crippen LogP contribution in [0, 0.1) is 12.8 Å². The fraction of sp³-hybridized carbons (Fsp3) is 0.462. The predicted octanol–water partition coefficient (Wildman–Crippen LogP) is 2.13. The molecule has 1 aromatic carbocycles. The fourth-order valence-corrected chi connectivity index (χ4v) is 1.48. The van der Waals surface area contributed by atoms with Crippen LogP contribution in [0.2, 0.25) is 0 Å². The minimum absolute atomic E-state index is 0.0566. The van der Waals surface area contributed by atoms with Gasteiger partial charge >= 0.3 is 6.03 Å². The average molecular weight is 236 g/mol. The summed E-state index contributed by atoms with van der Waals surface area (Å²) in [6.45, 7) is 5.81. The van der Waals surface area contributed by atoms with Crippen molar-refractivity contribution in [1.82, 2.24) is 5.32 Å². The first-order chi connectivity index (χ1) is 8.02. The minimum Gasteiger partial charge on any atom is -0.394 e. The summed E-state index contributed by atoms with van der Waals surface area (Å²) in [5.41, 5.74) is 1.84. The lowest BCUT2D eigenvalue weighted by Crippen LogP contribution is -2.43. The van der Waals surface area contributed by atoms with Gasteiger partial charge in [0.15, 0.2) is 0 Å². The number of amides is 2. The third-order valence-electron chi connectivity index (χ3n) is 2.59. The molecule has 0 saturated carbocycles. The van der Waals surface area contributed by atoms with Gasteiger partial charge in [-0.25, -0.2) is 4.79 Å². The number of aryl methyl sites for hydroxylation is 1. The van der Waals surface area contributed by atoms with Gasteiger partial charge < -0.3 is 15.7 Å². The summed E-state index contributed by atoms with van der Waals surface area (Å²) in [4.78, 5) is 11.7. The van der Waals surface area contributed by atoms with Crippen LogP contribution in [0.15, 0.2) is 24.3 Å². The Hall–Kier alpha value is -1.55. The second-order valence-electron chi connectivity index (χ2n) is 4.50. The van der Waals surface area contributed by atoms with Gasteiger partial charge in [-0.2, -0.15) is 0 Å². The molecule has 1 aromatic rings. The molecule has 0 spiro atoms. The smallest absolute Gasteiger partial charge is 0.319 e. The van der Waals surface area contributed by atoms with E-state index in [0.29, 0.717) is 0 Å². The molecule has 94 valence electrons. The summed E-state index contributed by atoms with van der Waals surface area (Å²) in [6, 6.07) is 7.06. The molecule has 0 aromatic heterocycles. The van der Waals surface area contributed by atoms with E-state index in [1.807, 2.05) is 45.0 Å². The standard InChI is InChI=1S/C13H20N2O2/c1-9(2)12(8-16)15-13(17)14-11-6-4-5-10(3)7-11/h4-7,9,12,16H,8H2,1-3H3,(H2,14,15,17). The number of carbonyl (C=O) groups is 1. The third-order valence-corrected chi connectivity index (χ3v) is 2.59. The lowest BCUT2D eigenvalue weighted by Gasteiger charge is -2.20. The van der Waals surface area contributed by atoms with Gasteiger partial charge in [-0.15, -0.1) is 0 Å². The quantitative estimate of drug-likeness (QED) is 0.750. The molecule has 0 fully saturated rings. The van der Waals surface area contributed by atoms with Crippen molar-refractivity contribution >= 4 is 11.7 Å². The molecule has 0 radical (unpaired) electrons. The van der Waals surface area contributed by atoms with Gasteiger partial charge in [-0.3, -0.25) is 0 Å². The zero-order chi connectivity index (χ0) is 12.8. The van der Waals surface area contributed by atoms with Crippen LogP contribution in [-0.2, 0) is 0 Å². The Balaban J connectivity index is 2.55. The number of benzene rings is 1. The Morgan fingerprint density at radius 2 is 2.12 bits per heavy atom. The normalized spacial score (nSPS) is 12.3. The van der Waals surface area contributed by atoms with E-state index in [1.165, 1.54) is 0 Å². The topological polar surface area (TPSA) is 61.4 Å². The van der Waals surface area contributed by atoms with E-state index in [1.54, 1.807) is 0 Å². The molecule has 1 unspecified atom stereocenters. The van der Waals surface area contributed by atoms with Crippen molar-refractivity contribution in [2.45, 2.75) is 26.8 Å². The summed E-state index contributed by atoms with van der Waals surface area (Å²) in [5.74, 6) is 0.197. The van der Waals surface area contributed by atoms with Gasteiger partial charge in [0, 0.05) is 5.69 Å². The van der Waals surface area contributed by atoms with Crippen LogP contribution in [0.3, 0.4) is 0 Å². The van der Waals surface area contributed by atoms with Gasteiger partial charge in [-0.1, -0.05) is 26.0 Å². The van der Waals surface area contributed by atoms with E-state index in [0.717, 1.165) is 11.3 Å². The molecule has 3 N–H and O–H groups in total. The van der Waals surface area contributed by atoms with Crippen LogP contribution in [0.1, 0.15) is 19.4 Å². The zero-order valence-electron chi connectivity index (χ0n) is 10.5. The van der Waals surface area contributed by atoms with E-state index in [-0.39, 0.29) is 24.6 Å². The van der Waals surface area contributed by atoms with Gasteiger partial charge in [0.2, 0.25) is 0 Å². The van der Waals surface area contributed by atoms with Crippen LogP contribution < -0.4 is 10.6 Å². The minimum atomic E-state index is -0.289. The highest BCUT2D eigenvalue weighted by Crippen LogP contribution is 2.09. The van der Waals surface area contributed by atoms with Gasteiger partial charge in [0.25, 0.3) is 0 Å². The molecule has 4 heteroatoms. The molecule has 0 saturated heterocycles. The summed E-state index contributed by atoms with van der Waals surface area (Å²) in [7, 11) is 0. The highest BCUT2D eigenvalue weighted by Gasteiger charge is 2.14. The number of hydrogen-bond acceptors (Lipinski definition) is 2. The average Bonchev–Trinajstić information content (AvgIpc) is 2.25. The van der Waals surface area contributed by atoms with E-state index in [9.17, 15) is 4.79 Å². The Morgan fingerprint density at radius 3 is 2.65 bits per heavy atom. The molecule has 2 amide bonds. The van der Waals surface area contributed by atoms with Crippen molar-refractivity contribution in [3.8, 4) is 0 Å². The summed E-state index contributed by atoms with van der Waals surface area (Å²) < 4.78 is 0. The maximum Gasteiger partial charge on any atom is 0.319 e. The first-order valence-electron chi connectivity index (χ1n) is 5.78. The van der Waals surface area contributed by atoms with E-state index >= 15 is 0 Å². The first kappa shape index (κ1) is 13.5. The van der Waals surface area contributed by atoms with Crippen molar-refractivity contribution in [1.29, 1.82) is 0 Å². The van der Waals surface area contributed by atoms with Crippen molar-refractivity contribution < 1.29 is 9.90 Å². The number of nitrogens with one attached hydrogen (secondary N) is 2. The van der Waals surface area contributed by atoms with Crippen LogP contribution >= 0.6 is 0 Å². The number of aliphatic hydroxyl groups is 1. The second-order valence-corrected chi connectivity index (χ2v) is 4.50. The second kappa shape index (κ2) is 6.25. The largest absolute Gasteiger partial charge is 0.394 e. The molecule has 0 aliphatic rings. The van der Waals surface area contributed by atoms with Crippen LogP contribution in [0.5, 0.6) is 0 Å². The van der Waals surface area contributed by atoms with Crippen molar-refractivity contribution in [2.24, 2.45) is 5.92 Å². The first-order valence-corrected chi connectivity index (χ1v) is 5.78. The SMILES string of the molecule is Cc1cccc(NC(=O)NC(CO)C(C)C)c1. The summed E-state index contributed by atoms with van der Waals surface area (Å²) >= 11 is 0. The van der Waals surface area contributed by atoms with Crippen LogP contribution in [0.25, 0.3) is 0 Å². The molecule has 4 nitrogen and oxygen atoms in total. The summed E-state index contributed by atoms with van der Waals surface area (Å²) in [6.07, 6.45) is 0. The van der Waals surface area contributed by atoms with E-state index in [2.05, 4.69) is 10.6 Å².